The second-order valence-corrected chi connectivity index (χ2v) is 7.91. The number of ether oxygens (including phenoxy) is 1. The third-order valence-electron chi connectivity index (χ3n) is 3.89. The van der Waals surface area contributed by atoms with Gasteiger partial charge < -0.3 is 9.64 Å². The summed E-state index contributed by atoms with van der Waals surface area (Å²) in [4.78, 5) is 14.1. The lowest BCUT2D eigenvalue weighted by atomic mass is 10.1. The normalized spacial score (nSPS) is 11.1. The van der Waals surface area contributed by atoms with Crippen LogP contribution >= 0.6 is 0 Å². The van der Waals surface area contributed by atoms with Crippen LogP contribution in [-0.2, 0) is 10.0 Å². The summed E-state index contributed by atoms with van der Waals surface area (Å²) in [5.41, 5.74) is 2.49. The van der Waals surface area contributed by atoms with Gasteiger partial charge >= 0.3 is 6.09 Å². The Morgan fingerprint density at radius 1 is 1.15 bits per heavy atom. The lowest BCUT2D eigenvalue weighted by Gasteiger charge is -2.24. The molecule has 0 fully saturated rings. The van der Waals surface area contributed by atoms with E-state index in [0.29, 0.717) is 24.5 Å². The maximum Gasteiger partial charge on any atom is 0.417 e. The zero-order valence-electron chi connectivity index (χ0n) is 15.7. The molecule has 0 heterocycles. The second-order valence-electron chi connectivity index (χ2n) is 6.07. The van der Waals surface area contributed by atoms with Crippen molar-refractivity contribution < 1.29 is 17.9 Å². The molecule has 0 saturated carbocycles. The summed E-state index contributed by atoms with van der Waals surface area (Å²) in [5.74, 6) is 0.472. The topological polar surface area (TPSA) is 87.7 Å². The van der Waals surface area contributed by atoms with E-state index in [9.17, 15) is 13.2 Å². The first-order valence-corrected chi connectivity index (χ1v) is 10.5. The first kappa shape index (κ1) is 20.7. The number of nitrogens with one attached hydrogen (secondary N) is 2. The van der Waals surface area contributed by atoms with Crippen molar-refractivity contribution in [2.45, 2.75) is 13.8 Å². The lowest BCUT2D eigenvalue weighted by Crippen LogP contribution is -2.34. The highest BCUT2D eigenvalue weighted by atomic mass is 32.2. The number of sulfonamides is 1. The standard InChI is InChI=1S/C19H25N3O4S/c1-4-22(13-12-20-27(3,24)25)16-10-11-18(15(2)14-16)21-19(23)26-17-8-6-5-7-9-17/h5-11,14,20H,4,12-13H2,1-3H3,(H,21,23). The smallest absolute Gasteiger partial charge is 0.410 e. The third kappa shape index (κ3) is 6.92. The van der Waals surface area contributed by atoms with Crippen LogP contribution in [0, 0.1) is 6.92 Å². The van der Waals surface area contributed by atoms with Gasteiger partial charge in [-0.2, -0.15) is 0 Å². The molecule has 0 saturated heterocycles. The van der Waals surface area contributed by atoms with Crippen molar-refractivity contribution in [3.8, 4) is 5.75 Å². The molecule has 0 aliphatic heterocycles. The van der Waals surface area contributed by atoms with Gasteiger partial charge in [0.05, 0.1) is 6.26 Å². The first-order valence-electron chi connectivity index (χ1n) is 8.62. The van der Waals surface area contributed by atoms with E-state index < -0.39 is 16.1 Å². The second kappa shape index (κ2) is 9.38. The molecule has 0 atom stereocenters. The fourth-order valence-corrected chi connectivity index (χ4v) is 3.01. The van der Waals surface area contributed by atoms with Gasteiger partial charge in [-0.05, 0) is 49.7 Å². The van der Waals surface area contributed by atoms with E-state index in [1.54, 1.807) is 24.3 Å². The molecule has 1 amide bonds. The molecule has 2 aromatic rings. The first-order chi connectivity index (χ1) is 12.8. The molecule has 0 aliphatic rings. The van der Waals surface area contributed by atoms with Crippen molar-refractivity contribution in [1.29, 1.82) is 0 Å². The molecule has 146 valence electrons. The highest BCUT2D eigenvalue weighted by Crippen LogP contribution is 2.23. The zero-order valence-corrected chi connectivity index (χ0v) is 16.5. The molecule has 0 radical (unpaired) electrons. The largest absolute Gasteiger partial charge is 0.417 e. The molecular weight excluding hydrogens is 366 g/mol. The van der Waals surface area contributed by atoms with Crippen molar-refractivity contribution in [3.63, 3.8) is 0 Å². The van der Waals surface area contributed by atoms with Crippen molar-refractivity contribution in [3.05, 3.63) is 54.1 Å². The highest BCUT2D eigenvalue weighted by Gasteiger charge is 2.11. The molecule has 2 rings (SSSR count). The van der Waals surface area contributed by atoms with E-state index in [1.165, 1.54) is 0 Å². The van der Waals surface area contributed by atoms with Gasteiger partial charge in [-0.1, -0.05) is 18.2 Å². The zero-order chi connectivity index (χ0) is 19.9. The van der Waals surface area contributed by atoms with E-state index in [1.807, 2.05) is 38.1 Å². The van der Waals surface area contributed by atoms with E-state index in [4.69, 9.17) is 4.74 Å². The number of hydrogen-bond donors (Lipinski definition) is 2. The van der Waals surface area contributed by atoms with Crippen molar-refractivity contribution in [2.75, 3.05) is 36.1 Å². The van der Waals surface area contributed by atoms with Crippen LogP contribution < -0.4 is 19.7 Å². The number of benzene rings is 2. The van der Waals surface area contributed by atoms with Gasteiger partial charge in [0.1, 0.15) is 5.75 Å². The molecule has 8 heteroatoms. The summed E-state index contributed by atoms with van der Waals surface area (Å²) in [5, 5.41) is 2.73. The predicted octanol–water partition coefficient (Wildman–Crippen LogP) is 2.98. The van der Waals surface area contributed by atoms with Crippen LogP contribution in [0.5, 0.6) is 5.75 Å². The number of nitrogens with zero attached hydrogens (tertiary/aromatic N) is 1. The van der Waals surface area contributed by atoms with Gasteiger partial charge in [0.25, 0.3) is 0 Å². The quantitative estimate of drug-likeness (QED) is 0.722. The van der Waals surface area contributed by atoms with Gasteiger partial charge in [-0.25, -0.2) is 17.9 Å². The molecule has 7 nitrogen and oxygen atoms in total. The van der Waals surface area contributed by atoms with Crippen LogP contribution in [0.1, 0.15) is 12.5 Å². The summed E-state index contributed by atoms with van der Waals surface area (Å²) in [6, 6.07) is 14.5. The van der Waals surface area contributed by atoms with E-state index in [-0.39, 0.29) is 0 Å². The van der Waals surface area contributed by atoms with Crippen LogP contribution in [-0.4, -0.2) is 40.4 Å². The van der Waals surface area contributed by atoms with Crippen LogP contribution in [0.3, 0.4) is 0 Å². The Bertz CT molecular complexity index is 870. The summed E-state index contributed by atoms with van der Waals surface area (Å²) in [6.45, 7) is 5.50. The molecule has 0 aromatic heterocycles. The lowest BCUT2D eigenvalue weighted by molar-refractivity contribution is 0.215. The van der Waals surface area contributed by atoms with Gasteiger partial charge in [0.2, 0.25) is 10.0 Å². The third-order valence-corrected chi connectivity index (χ3v) is 4.62. The summed E-state index contributed by atoms with van der Waals surface area (Å²) < 4.78 is 30.1. The van der Waals surface area contributed by atoms with E-state index in [0.717, 1.165) is 24.1 Å². The molecular formula is C19H25N3O4S. The molecule has 2 N–H and O–H groups in total. The number of aryl methyl sites for hydroxylation is 1. The number of rotatable bonds is 8. The number of carbonyl (C=O) groups excluding carboxylic acids is 1. The Balaban J connectivity index is 1.99. The molecule has 0 bridgehead atoms. The van der Waals surface area contributed by atoms with Gasteiger partial charge in [0.15, 0.2) is 0 Å². The van der Waals surface area contributed by atoms with Gasteiger partial charge in [0, 0.05) is 31.0 Å². The summed E-state index contributed by atoms with van der Waals surface area (Å²) in [6.07, 6.45) is 0.587. The predicted molar refractivity (Wildman–Crippen MR) is 108 cm³/mol. The van der Waals surface area contributed by atoms with Gasteiger partial charge in [-0.3, -0.25) is 5.32 Å². The molecule has 0 unspecified atom stereocenters. The number of carbonyl (C=O) groups is 1. The monoisotopic (exact) mass is 391 g/mol. The number of para-hydroxylation sites is 1. The number of likely N-dealkylation sites (N-methyl/N-ethyl adjacent to an activating group) is 1. The fraction of sp³-hybridized carbons (Fsp3) is 0.316. The van der Waals surface area contributed by atoms with Crippen LogP contribution in [0.2, 0.25) is 0 Å². The van der Waals surface area contributed by atoms with Crippen molar-refractivity contribution >= 4 is 27.5 Å². The minimum absolute atomic E-state index is 0.328. The van der Waals surface area contributed by atoms with Crippen LogP contribution in [0.15, 0.2) is 48.5 Å². The van der Waals surface area contributed by atoms with Crippen molar-refractivity contribution in [2.24, 2.45) is 0 Å². The summed E-state index contributed by atoms with van der Waals surface area (Å²) >= 11 is 0. The Morgan fingerprint density at radius 3 is 2.44 bits per heavy atom. The average Bonchev–Trinajstić information content (AvgIpc) is 2.60. The fourth-order valence-electron chi connectivity index (χ4n) is 2.55. The Kier molecular flexibility index (Phi) is 7.20. The Morgan fingerprint density at radius 2 is 1.85 bits per heavy atom. The van der Waals surface area contributed by atoms with Crippen LogP contribution in [0.25, 0.3) is 0 Å². The number of hydrogen-bond acceptors (Lipinski definition) is 5. The molecule has 2 aromatic carbocycles. The van der Waals surface area contributed by atoms with E-state index in [2.05, 4.69) is 14.9 Å². The van der Waals surface area contributed by atoms with Gasteiger partial charge in [-0.15, -0.1) is 0 Å². The average molecular weight is 391 g/mol. The Hall–Kier alpha value is -2.58. The minimum Gasteiger partial charge on any atom is -0.410 e. The number of anilines is 2. The molecule has 27 heavy (non-hydrogen) atoms. The maximum absolute atomic E-state index is 12.0. The maximum atomic E-state index is 12.0. The Labute approximate surface area is 160 Å². The van der Waals surface area contributed by atoms with Crippen LogP contribution in [0.4, 0.5) is 16.2 Å². The number of amides is 1. The highest BCUT2D eigenvalue weighted by molar-refractivity contribution is 7.88. The van der Waals surface area contributed by atoms with E-state index >= 15 is 0 Å². The molecule has 0 spiro atoms. The molecule has 0 aliphatic carbocycles. The summed E-state index contributed by atoms with van der Waals surface area (Å²) in [7, 11) is -3.20. The SMILES string of the molecule is CCN(CCNS(C)(=O)=O)c1ccc(NC(=O)Oc2ccccc2)c(C)c1. The van der Waals surface area contributed by atoms with Crippen molar-refractivity contribution in [1.82, 2.24) is 4.72 Å². The minimum atomic E-state index is -3.20.